The van der Waals surface area contributed by atoms with Gasteiger partial charge in [-0.25, -0.2) is 4.99 Å². The van der Waals surface area contributed by atoms with Crippen LogP contribution in [0.3, 0.4) is 0 Å². The van der Waals surface area contributed by atoms with E-state index in [-0.39, 0.29) is 6.04 Å². The number of rotatable bonds is 3. The molecule has 0 N–H and O–H groups in total. The number of benzene rings is 3. The van der Waals surface area contributed by atoms with E-state index in [1.807, 2.05) is 36.0 Å². The number of ether oxygens (including phenoxy) is 1. The van der Waals surface area contributed by atoms with Crippen LogP contribution in [0.2, 0.25) is 5.02 Å². The van der Waals surface area contributed by atoms with E-state index in [1.165, 1.54) is 21.6 Å². The first-order valence-electron chi connectivity index (χ1n) is 10.3. The van der Waals surface area contributed by atoms with E-state index in [0.29, 0.717) is 0 Å². The Morgan fingerprint density at radius 3 is 2.56 bits per heavy atom. The van der Waals surface area contributed by atoms with Gasteiger partial charge in [0.2, 0.25) is 0 Å². The molecule has 1 atom stereocenters. The normalized spacial score (nSPS) is 19.1. The molecular formula is C26H19ClN2OS2. The molecule has 0 spiro atoms. The monoisotopic (exact) mass is 474 g/mol. The number of methoxy groups -OCH3 is 1. The van der Waals surface area contributed by atoms with E-state index in [9.17, 15) is 0 Å². The molecule has 0 fully saturated rings. The fourth-order valence-electron chi connectivity index (χ4n) is 4.40. The van der Waals surface area contributed by atoms with E-state index in [1.54, 1.807) is 18.9 Å². The average molecular weight is 475 g/mol. The topological polar surface area (TPSA) is 24.8 Å². The van der Waals surface area contributed by atoms with Crippen LogP contribution in [0, 0.1) is 0 Å². The van der Waals surface area contributed by atoms with Crippen molar-refractivity contribution < 1.29 is 4.74 Å². The third kappa shape index (κ3) is 3.27. The number of fused-ring (bicyclic) bond motifs is 3. The molecule has 3 heterocycles. The van der Waals surface area contributed by atoms with Crippen LogP contribution in [-0.4, -0.2) is 22.9 Å². The minimum Gasteiger partial charge on any atom is -0.497 e. The lowest BCUT2D eigenvalue weighted by atomic mass is 9.92. The van der Waals surface area contributed by atoms with Crippen LogP contribution >= 0.6 is 35.1 Å². The Hall–Kier alpha value is -2.60. The molecule has 0 aromatic heterocycles. The molecule has 3 aromatic rings. The number of hydrogen-bond acceptors (Lipinski definition) is 5. The maximum absolute atomic E-state index is 6.24. The molecule has 158 valence electrons. The lowest BCUT2D eigenvalue weighted by Gasteiger charge is -2.39. The van der Waals surface area contributed by atoms with Crippen molar-refractivity contribution in [2.75, 3.05) is 12.9 Å². The highest BCUT2D eigenvalue weighted by Gasteiger charge is 2.40. The highest BCUT2D eigenvalue weighted by atomic mass is 35.5. The molecule has 0 bridgehead atoms. The molecule has 3 aromatic carbocycles. The maximum Gasteiger partial charge on any atom is 0.174 e. The van der Waals surface area contributed by atoms with E-state index in [0.717, 1.165) is 38.7 Å². The summed E-state index contributed by atoms with van der Waals surface area (Å²) in [5.74, 6) is 1.76. The van der Waals surface area contributed by atoms with Crippen LogP contribution in [0.1, 0.15) is 22.7 Å². The summed E-state index contributed by atoms with van der Waals surface area (Å²) in [5, 5.41) is 3.97. The number of nitrogens with zero attached hydrogens (tertiary/aromatic N) is 2. The van der Waals surface area contributed by atoms with Gasteiger partial charge in [-0.15, -0.1) is 11.8 Å². The third-order valence-electron chi connectivity index (χ3n) is 5.94. The summed E-state index contributed by atoms with van der Waals surface area (Å²) in [6.45, 7) is 0. The van der Waals surface area contributed by atoms with Crippen molar-refractivity contribution in [3.8, 4) is 5.75 Å². The van der Waals surface area contributed by atoms with Gasteiger partial charge in [-0.05, 0) is 59.2 Å². The van der Waals surface area contributed by atoms with Gasteiger partial charge in [0.15, 0.2) is 5.17 Å². The van der Waals surface area contributed by atoms with Crippen molar-refractivity contribution in [3.63, 3.8) is 0 Å². The summed E-state index contributed by atoms with van der Waals surface area (Å²) in [4.78, 5) is 8.85. The van der Waals surface area contributed by atoms with E-state index < -0.39 is 0 Å². The summed E-state index contributed by atoms with van der Waals surface area (Å²) in [6.07, 6.45) is 0. The van der Waals surface area contributed by atoms with Crippen molar-refractivity contribution >= 4 is 51.7 Å². The lowest BCUT2D eigenvalue weighted by Crippen LogP contribution is -2.34. The zero-order valence-electron chi connectivity index (χ0n) is 17.3. The predicted octanol–water partition coefficient (Wildman–Crippen LogP) is 7.32. The van der Waals surface area contributed by atoms with Crippen LogP contribution in [-0.2, 0) is 0 Å². The number of thioether (sulfide) groups is 2. The quantitative estimate of drug-likeness (QED) is 0.397. The van der Waals surface area contributed by atoms with Crippen LogP contribution in [0.15, 0.2) is 93.7 Å². The summed E-state index contributed by atoms with van der Waals surface area (Å²) < 4.78 is 5.36. The van der Waals surface area contributed by atoms with Crippen molar-refractivity contribution in [2.45, 2.75) is 10.9 Å². The highest BCUT2D eigenvalue weighted by molar-refractivity contribution is 8.16. The van der Waals surface area contributed by atoms with E-state index in [2.05, 4.69) is 58.8 Å². The molecule has 0 saturated heterocycles. The van der Waals surface area contributed by atoms with Crippen LogP contribution in [0.4, 0.5) is 0 Å². The smallest absolute Gasteiger partial charge is 0.174 e. The molecular weight excluding hydrogens is 456 g/mol. The number of amidine groups is 1. The van der Waals surface area contributed by atoms with Gasteiger partial charge in [0.05, 0.1) is 24.5 Å². The van der Waals surface area contributed by atoms with Gasteiger partial charge in [-0.2, -0.15) is 0 Å². The standard InChI is InChI=1S/C26H19ClN2OS2/c1-30-19-12-8-16(9-13-19)22-15-32-26-28-24-20-4-2-3-5-23(20)31-14-21(24)25(29(22)26)17-6-10-18(27)11-7-17/h2-13,15,25H,14H2,1H3. The Bertz CT molecular complexity index is 1300. The van der Waals surface area contributed by atoms with Gasteiger partial charge in [-0.3, -0.25) is 0 Å². The zero-order valence-corrected chi connectivity index (χ0v) is 19.7. The first-order valence-corrected chi connectivity index (χ1v) is 12.6. The molecule has 1 unspecified atom stereocenters. The fraction of sp³-hybridized carbons (Fsp3) is 0.115. The summed E-state index contributed by atoms with van der Waals surface area (Å²) in [5.41, 5.74) is 7.20. The number of halogens is 1. The SMILES string of the molecule is COc1ccc(C2=CSC3=NC4=C(CSc5ccccc54)C(c4ccc(Cl)cc4)N23)cc1. The molecule has 0 saturated carbocycles. The summed E-state index contributed by atoms with van der Waals surface area (Å²) >= 11 is 9.81. The third-order valence-corrected chi connectivity index (χ3v) is 8.15. The van der Waals surface area contributed by atoms with Crippen LogP contribution < -0.4 is 4.74 Å². The van der Waals surface area contributed by atoms with Crippen molar-refractivity contribution in [1.82, 2.24) is 4.90 Å². The molecule has 3 nitrogen and oxygen atoms in total. The molecule has 0 aliphatic carbocycles. The Morgan fingerprint density at radius 2 is 1.78 bits per heavy atom. The molecule has 3 aliphatic heterocycles. The Kier molecular flexibility index (Phi) is 5.05. The Morgan fingerprint density at radius 1 is 1.00 bits per heavy atom. The molecule has 6 heteroatoms. The minimum atomic E-state index is 0.0685. The average Bonchev–Trinajstić information content (AvgIpc) is 3.27. The lowest BCUT2D eigenvalue weighted by molar-refractivity contribution is 0.414. The van der Waals surface area contributed by atoms with Gasteiger partial charge in [0.25, 0.3) is 0 Å². The molecule has 32 heavy (non-hydrogen) atoms. The number of aliphatic imine (C=N–C) groups is 1. The second-order valence-corrected chi connectivity index (χ2v) is 10.0. The summed E-state index contributed by atoms with van der Waals surface area (Å²) in [7, 11) is 1.69. The van der Waals surface area contributed by atoms with E-state index >= 15 is 0 Å². The largest absolute Gasteiger partial charge is 0.497 e. The van der Waals surface area contributed by atoms with Gasteiger partial charge >= 0.3 is 0 Å². The second kappa shape index (κ2) is 8.07. The van der Waals surface area contributed by atoms with Crippen molar-refractivity contribution in [2.24, 2.45) is 4.99 Å². The van der Waals surface area contributed by atoms with Crippen molar-refractivity contribution in [3.05, 3.63) is 105 Å². The van der Waals surface area contributed by atoms with Crippen LogP contribution in [0.5, 0.6) is 5.75 Å². The Balaban J connectivity index is 1.51. The van der Waals surface area contributed by atoms with Gasteiger partial charge in [0.1, 0.15) is 5.75 Å². The first kappa shape index (κ1) is 20.0. The molecule has 0 radical (unpaired) electrons. The molecule has 0 amide bonds. The summed E-state index contributed by atoms with van der Waals surface area (Å²) in [6, 6.07) is 25.1. The maximum atomic E-state index is 6.24. The second-order valence-electron chi connectivity index (χ2n) is 7.73. The molecule has 3 aliphatic rings. The highest BCUT2D eigenvalue weighted by Crippen LogP contribution is 2.52. The van der Waals surface area contributed by atoms with Crippen LogP contribution in [0.25, 0.3) is 11.4 Å². The minimum absolute atomic E-state index is 0.0685. The van der Waals surface area contributed by atoms with Gasteiger partial charge in [0, 0.05) is 26.6 Å². The zero-order chi connectivity index (χ0) is 21.7. The van der Waals surface area contributed by atoms with Gasteiger partial charge < -0.3 is 9.64 Å². The van der Waals surface area contributed by atoms with E-state index in [4.69, 9.17) is 21.3 Å². The van der Waals surface area contributed by atoms with Gasteiger partial charge in [-0.1, -0.05) is 53.7 Å². The molecule has 6 rings (SSSR count). The predicted molar refractivity (Wildman–Crippen MR) is 136 cm³/mol. The number of hydrogen-bond donors (Lipinski definition) is 0. The fourth-order valence-corrected chi connectivity index (χ4v) is 6.55. The van der Waals surface area contributed by atoms with Crippen molar-refractivity contribution in [1.29, 1.82) is 0 Å². The first-order chi connectivity index (χ1) is 15.7. The Labute approximate surface area is 200 Å².